The number of ether oxygens (including phenoxy) is 3. The maximum absolute atomic E-state index is 11.5. The third kappa shape index (κ3) is 15.3. The quantitative estimate of drug-likeness (QED) is 0.0868. The summed E-state index contributed by atoms with van der Waals surface area (Å²) in [5, 5.41) is 35.4. The fraction of sp³-hybridized carbons (Fsp3) is 0.324. The Hall–Kier alpha value is -4.93. The number of esters is 1. The largest absolute Gasteiger partial charge is 0.492 e. The lowest BCUT2D eigenvalue weighted by atomic mass is 9.98. The number of carbonyl (C=O) groups excluding carboxylic acids is 1. The van der Waals surface area contributed by atoms with Crippen LogP contribution in [0, 0.1) is 5.92 Å². The number of aliphatic hydroxyl groups excluding tert-OH is 2. The van der Waals surface area contributed by atoms with Gasteiger partial charge in [0.2, 0.25) is 5.76 Å². The van der Waals surface area contributed by atoms with E-state index in [2.05, 4.69) is 6.92 Å². The Balaban J connectivity index is 0.000000354. The van der Waals surface area contributed by atoms with Crippen LogP contribution >= 0.6 is 0 Å². The number of rotatable bonds is 15. The molecular formula is C37H46O10. The van der Waals surface area contributed by atoms with Crippen molar-refractivity contribution in [3.05, 3.63) is 120 Å². The van der Waals surface area contributed by atoms with Crippen molar-refractivity contribution in [1.82, 2.24) is 0 Å². The molecule has 0 spiro atoms. The summed E-state index contributed by atoms with van der Waals surface area (Å²) in [7, 11) is 2.70. The second-order valence-electron chi connectivity index (χ2n) is 10.1. The number of unbranched alkanes of at least 4 members (excludes halogenated alkanes) is 1. The summed E-state index contributed by atoms with van der Waals surface area (Å²) in [5.74, 6) is -2.42. The molecule has 0 bridgehead atoms. The minimum Gasteiger partial charge on any atom is -0.492 e. The summed E-state index contributed by atoms with van der Waals surface area (Å²) in [6.07, 6.45) is 3.94. The van der Waals surface area contributed by atoms with E-state index in [4.69, 9.17) is 34.6 Å². The standard InChI is InChI=1S/C15H12O2.C11H12O4.C11H22O4/c16-15(17)11-14(12-7-3-1-4-8-12)13-9-5-2-6-10-13;1-14-9(10(15-2)11(12)13)8-6-4-3-5-7-8;1-3-5-6-9(4-2)11(14)15-8-10(13)7-12/h1-11H,(H,16,17);3-7H,1-2H3,(H,12,13);9-10,12-13H,3-8H2,1-2H3. The smallest absolute Gasteiger partial charge is 0.375 e. The van der Waals surface area contributed by atoms with E-state index < -0.39 is 18.0 Å². The molecule has 0 saturated heterocycles. The highest BCUT2D eigenvalue weighted by molar-refractivity contribution is 5.95. The molecule has 3 aromatic carbocycles. The molecule has 254 valence electrons. The molecule has 10 nitrogen and oxygen atoms in total. The highest BCUT2D eigenvalue weighted by atomic mass is 16.5. The minimum absolute atomic E-state index is 0.0733. The van der Waals surface area contributed by atoms with E-state index in [0.29, 0.717) is 5.56 Å². The maximum atomic E-state index is 11.5. The van der Waals surface area contributed by atoms with E-state index in [1.54, 1.807) is 24.3 Å². The van der Waals surface area contributed by atoms with Crippen LogP contribution in [0.15, 0.2) is 103 Å². The molecule has 0 saturated carbocycles. The first-order chi connectivity index (χ1) is 22.6. The first-order valence-electron chi connectivity index (χ1n) is 15.2. The van der Waals surface area contributed by atoms with Crippen LogP contribution in [0.3, 0.4) is 0 Å². The number of benzene rings is 3. The van der Waals surface area contributed by atoms with Gasteiger partial charge < -0.3 is 34.6 Å². The Morgan fingerprint density at radius 1 is 0.766 bits per heavy atom. The summed E-state index contributed by atoms with van der Waals surface area (Å²) in [5.41, 5.74) is 3.19. The van der Waals surface area contributed by atoms with E-state index in [0.717, 1.165) is 42.4 Å². The molecule has 3 rings (SSSR count). The SMILES string of the molecule is CCCCC(CC)C(=O)OCC(O)CO.COC(C(=O)O)=C(OC)c1ccccc1.O=C(O)C=C(c1ccccc1)c1ccccc1. The van der Waals surface area contributed by atoms with Gasteiger partial charge in [0.1, 0.15) is 12.7 Å². The molecular weight excluding hydrogens is 604 g/mol. The Kier molecular flexibility index (Phi) is 20.0. The van der Waals surface area contributed by atoms with Crippen LogP contribution in [0.2, 0.25) is 0 Å². The lowest BCUT2D eigenvalue weighted by Crippen LogP contribution is -2.25. The summed E-state index contributed by atoms with van der Waals surface area (Å²) in [6, 6.07) is 28.0. The lowest BCUT2D eigenvalue weighted by molar-refractivity contribution is -0.152. The molecule has 4 N–H and O–H groups in total. The summed E-state index contributed by atoms with van der Waals surface area (Å²) < 4.78 is 14.7. The number of carboxylic acid groups (broad SMARTS) is 2. The lowest BCUT2D eigenvalue weighted by Gasteiger charge is -2.15. The van der Waals surface area contributed by atoms with Gasteiger partial charge in [-0.2, -0.15) is 0 Å². The van der Waals surface area contributed by atoms with Gasteiger partial charge in [0.15, 0.2) is 5.76 Å². The van der Waals surface area contributed by atoms with Crippen molar-refractivity contribution >= 4 is 29.2 Å². The highest BCUT2D eigenvalue weighted by Gasteiger charge is 2.19. The first-order valence-corrected chi connectivity index (χ1v) is 15.2. The van der Waals surface area contributed by atoms with Crippen LogP contribution in [-0.4, -0.2) is 71.9 Å². The van der Waals surface area contributed by atoms with E-state index in [1.165, 1.54) is 20.3 Å². The zero-order valence-electron chi connectivity index (χ0n) is 27.4. The van der Waals surface area contributed by atoms with Crippen molar-refractivity contribution in [3.63, 3.8) is 0 Å². The fourth-order valence-electron chi connectivity index (χ4n) is 4.19. The summed E-state index contributed by atoms with van der Waals surface area (Å²) in [6.45, 7) is 3.54. The summed E-state index contributed by atoms with van der Waals surface area (Å²) >= 11 is 0. The van der Waals surface area contributed by atoms with Crippen molar-refractivity contribution < 1.29 is 49.0 Å². The van der Waals surface area contributed by atoms with Crippen LogP contribution in [-0.2, 0) is 28.6 Å². The van der Waals surface area contributed by atoms with Crippen molar-refractivity contribution in [2.45, 2.75) is 45.6 Å². The maximum Gasteiger partial charge on any atom is 0.375 e. The van der Waals surface area contributed by atoms with Crippen LogP contribution < -0.4 is 0 Å². The van der Waals surface area contributed by atoms with Gasteiger partial charge in [0, 0.05) is 11.6 Å². The molecule has 2 atom stereocenters. The molecule has 0 heterocycles. The Morgan fingerprint density at radius 2 is 1.26 bits per heavy atom. The van der Waals surface area contributed by atoms with Gasteiger partial charge >= 0.3 is 17.9 Å². The molecule has 2 unspecified atom stereocenters. The number of aliphatic hydroxyl groups is 2. The molecule has 0 aliphatic heterocycles. The van der Waals surface area contributed by atoms with Gasteiger partial charge in [-0.3, -0.25) is 4.79 Å². The molecule has 0 aromatic heterocycles. The third-order valence-electron chi connectivity index (χ3n) is 6.64. The van der Waals surface area contributed by atoms with Crippen LogP contribution in [0.5, 0.6) is 0 Å². The molecule has 0 fully saturated rings. The van der Waals surface area contributed by atoms with E-state index >= 15 is 0 Å². The van der Waals surface area contributed by atoms with Crippen molar-refractivity contribution in [2.24, 2.45) is 5.92 Å². The monoisotopic (exact) mass is 650 g/mol. The molecule has 47 heavy (non-hydrogen) atoms. The molecule has 0 radical (unpaired) electrons. The van der Waals surface area contributed by atoms with Crippen LogP contribution in [0.25, 0.3) is 11.3 Å². The van der Waals surface area contributed by atoms with Gasteiger partial charge in [-0.15, -0.1) is 0 Å². The van der Waals surface area contributed by atoms with Crippen molar-refractivity contribution in [3.8, 4) is 0 Å². The van der Waals surface area contributed by atoms with E-state index in [-0.39, 0.29) is 36.6 Å². The second-order valence-corrected chi connectivity index (χ2v) is 10.1. The van der Waals surface area contributed by atoms with Gasteiger partial charge in [0.25, 0.3) is 0 Å². The first kappa shape index (κ1) is 40.1. The number of carbonyl (C=O) groups is 3. The summed E-state index contributed by atoms with van der Waals surface area (Å²) in [4.78, 5) is 33.2. The number of hydrogen-bond donors (Lipinski definition) is 4. The predicted molar refractivity (Wildman–Crippen MR) is 180 cm³/mol. The molecule has 0 aliphatic carbocycles. The van der Waals surface area contributed by atoms with Crippen molar-refractivity contribution in [1.29, 1.82) is 0 Å². The molecule has 0 aliphatic rings. The van der Waals surface area contributed by atoms with E-state index in [9.17, 15) is 14.4 Å². The average Bonchev–Trinajstić information content (AvgIpc) is 3.10. The Bertz CT molecular complexity index is 1340. The van der Waals surface area contributed by atoms with Crippen LogP contribution in [0.1, 0.15) is 56.2 Å². The van der Waals surface area contributed by atoms with Gasteiger partial charge in [-0.1, -0.05) is 118 Å². The number of hydrogen-bond acceptors (Lipinski definition) is 8. The fourth-order valence-corrected chi connectivity index (χ4v) is 4.19. The Morgan fingerprint density at radius 3 is 1.62 bits per heavy atom. The number of methoxy groups -OCH3 is 2. The minimum atomic E-state index is -1.15. The molecule has 3 aromatic rings. The highest BCUT2D eigenvalue weighted by Crippen LogP contribution is 2.23. The predicted octanol–water partition coefficient (Wildman–Crippen LogP) is 6.03. The van der Waals surface area contributed by atoms with Crippen molar-refractivity contribution in [2.75, 3.05) is 27.4 Å². The van der Waals surface area contributed by atoms with Gasteiger partial charge in [-0.25, -0.2) is 9.59 Å². The Labute approximate surface area is 276 Å². The molecule has 10 heteroatoms. The number of aliphatic carboxylic acids is 2. The van der Waals surface area contributed by atoms with Crippen LogP contribution in [0.4, 0.5) is 0 Å². The average molecular weight is 651 g/mol. The van der Waals surface area contributed by atoms with Gasteiger partial charge in [0.05, 0.1) is 26.7 Å². The zero-order chi connectivity index (χ0) is 35.0. The van der Waals surface area contributed by atoms with E-state index in [1.807, 2.05) is 73.7 Å². The molecule has 0 amide bonds. The normalized spacial score (nSPS) is 11.9. The second kappa shape index (κ2) is 23.4. The topological polar surface area (TPSA) is 160 Å². The zero-order valence-corrected chi connectivity index (χ0v) is 27.4. The number of carboxylic acids is 2. The van der Waals surface area contributed by atoms with Gasteiger partial charge in [-0.05, 0) is 29.5 Å². The third-order valence-corrected chi connectivity index (χ3v) is 6.64.